The van der Waals surface area contributed by atoms with Gasteiger partial charge in [0.05, 0.1) is 16.7 Å². The van der Waals surface area contributed by atoms with Crippen molar-refractivity contribution in [2.75, 3.05) is 10.7 Å². The summed E-state index contributed by atoms with van der Waals surface area (Å²) in [5.74, 6) is 1.83. The number of hydrogen-bond donors (Lipinski definition) is 1. The molecule has 0 fully saturated rings. The van der Waals surface area contributed by atoms with Crippen molar-refractivity contribution >= 4 is 90.1 Å². The molecule has 0 spiro atoms. The number of fused-ring (bicyclic) bond motifs is 2. The second-order valence-corrected chi connectivity index (χ2v) is 22.7. The molecule has 382 valence electrons. The maximum atomic E-state index is 9.87. The summed E-state index contributed by atoms with van der Waals surface area (Å²) in [5, 5.41) is 11.6. The molecule has 0 saturated carbocycles. The minimum atomic E-state index is -10.7. The first-order valence-corrected chi connectivity index (χ1v) is 28.4. The maximum absolute atomic E-state index is 10.7. The number of nitrogens with zero attached hydrogens (tertiary/aromatic N) is 2. The van der Waals surface area contributed by atoms with Crippen LogP contribution in [0.3, 0.4) is 0 Å². The molecule has 3 heterocycles. The summed E-state index contributed by atoms with van der Waals surface area (Å²) in [7, 11) is -12.3. The third-order valence-electron chi connectivity index (χ3n) is 10.3. The van der Waals surface area contributed by atoms with E-state index in [1.165, 1.54) is 31.8 Å². The quantitative estimate of drug-likeness (QED) is 0.0713. The minimum absolute atomic E-state index is 0. The zero-order chi connectivity index (χ0) is 52.3. The molecule has 75 heavy (non-hydrogen) atoms. The number of alkyl halides is 2. The van der Waals surface area contributed by atoms with Crippen LogP contribution in [0.2, 0.25) is 0 Å². The van der Waals surface area contributed by atoms with E-state index in [2.05, 4.69) is 185 Å². The van der Waals surface area contributed by atoms with Gasteiger partial charge in [0.2, 0.25) is 0 Å². The number of rotatable bonds is 8. The standard InChI is InChI=1S/C36H27NOP2.2C11H8N.CH2Cl2.F6P.Ir/c1-5-15-27(16-6-1)39(28-17-7-2-8-18-28)33-25-13-23-31-35(33)38-36-32(37-31)24-14-26-34(36)40(29-19-9-3-10-20-29)30-21-11-4-12-22-30;2*1-2-6-10(7-3-1)11-8-4-5-9-12-11;2-1-3;1-7(2,3,4,5)6;/h1-26,37H;2*1-6,8-9H;1H2;;/q;2*-1;;-1;+3. The number of hydrogen-bond acceptors (Lipinski definition) is 4. The topological polar surface area (TPSA) is 47.0 Å². The molecule has 4 nitrogen and oxygen atoms in total. The van der Waals surface area contributed by atoms with Crippen molar-refractivity contribution in [3.05, 3.63) is 267 Å². The third-order valence-corrected chi connectivity index (χ3v) is 15.2. The molecule has 0 saturated heterocycles. The van der Waals surface area contributed by atoms with Gasteiger partial charge in [0.1, 0.15) is 0 Å². The van der Waals surface area contributed by atoms with Gasteiger partial charge in [-0.25, -0.2) is 0 Å². The molecule has 1 N–H and O–H groups in total. The second-order valence-electron chi connectivity index (χ2n) is 15.6. The van der Waals surface area contributed by atoms with Crippen molar-refractivity contribution in [1.29, 1.82) is 0 Å². The Hall–Kier alpha value is -6.24. The van der Waals surface area contributed by atoms with Gasteiger partial charge in [-0.1, -0.05) is 158 Å². The molecule has 2 aromatic heterocycles. The van der Waals surface area contributed by atoms with E-state index in [4.69, 9.17) is 27.9 Å². The number of halogens is 8. The van der Waals surface area contributed by atoms with E-state index in [9.17, 15) is 25.2 Å². The van der Waals surface area contributed by atoms with Crippen LogP contribution in [0.4, 0.5) is 36.6 Å². The van der Waals surface area contributed by atoms with Crippen molar-refractivity contribution in [3.63, 3.8) is 0 Å². The van der Waals surface area contributed by atoms with Gasteiger partial charge in [0.15, 0.2) is 11.5 Å². The van der Waals surface area contributed by atoms with Crippen LogP contribution < -0.4 is 41.9 Å². The summed E-state index contributed by atoms with van der Waals surface area (Å²) < 4.78 is 66.3. The zero-order valence-electron chi connectivity index (χ0n) is 39.5. The summed E-state index contributed by atoms with van der Waals surface area (Å²) in [6.07, 6.45) is 3.58. The zero-order valence-corrected chi connectivity index (χ0v) is 46.0. The number of nitrogens with one attached hydrogen (secondary N) is 1. The summed E-state index contributed by atoms with van der Waals surface area (Å²) in [6, 6.07) is 89.8. The second kappa shape index (κ2) is 27.0. The average molecular weight is 1280 g/mol. The summed E-state index contributed by atoms with van der Waals surface area (Å²) in [4.78, 5) is 8.44. The van der Waals surface area contributed by atoms with E-state index in [1.54, 1.807) is 12.4 Å². The fourth-order valence-corrected chi connectivity index (χ4v) is 12.2. The van der Waals surface area contributed by atoms with Gasteiger partial charge >= 0.3 is 53.1 Å². The van der Waals surface area contributed by atoms with E-state index >= 15 is 0 Å². The molecule has 0 atom stereocenters. The van der Waals surface area contributed by atoms with E-state index in [0.717, 1.165) is 45.4 Å². The van der Waals surface area contributed by atoms with Crippen LogP contribution >= 0.6 is 46.9 Å². The van der Waals surface area contributed by atoms with Crippen molar-refractivity contribution in [3.8, 4) is 34.0 Å². The van der Waals surface area contributed by atoms with Crippen LogP contribution in [0.1, 0.15) is 0 Å². The minimum Gasteiger partial charge on any atom is -0.452 e. The SMILES string of the molecule is ClCCl.F[P-](F)(F)(F)(F)F.[Ir+3].[c-]1ccccc1-c1ccccn1.[c-]1ccccc1-c1ccccn1.c1ccc(P(c2ccccc2)c2cccc3c2Oc2c(cccc2P(c2ccccc2)c2ccccc2)N3)cc1. The van der Waals surface area contributed by atoms with E-state index < -0.39 is 23.7 Å². The number of benzene rings is 8. The van der Waals surface area contributed by atoms with Gasteiger partial charge in [-0.05, 0) is 84.8 Å². The Balaban J connectivity index is 0.000000211. The third kappa shape index (κ3) is 18.5. The first kappa shape index (κ1) is 58.0. The molecule has 0 aliphatic carbocycles. The van der Waals surface area contributed by atoms with Gasteiger partial charge in [-0.3, -0.25) is 0 Å². The predicted molar refractivity (Wildman–Crippen MR) is 301 cm³/mol. The molecule has 1 aliphatic heterocycles. The maximum Gasteiger partial charge on any atom is 3.00 e. The first-order chi connectivity index (χ1) is 35.7. The first-order valence-electron chi connectivity index (χ1n) is 22.6. The predicted octanol–water partition coefficient (Wildman–Crippen LogP) is 17.0. The van der Waals surface area contributed by atoms with Gasteiger partial charge in [-0.15, -0.1) is 95.0 Å². The van der Waals surface area contributed by atoms with Crippen LogP contribution in [-0.2, 0) is 20.1 Å². The van der Waals surface area contributed by atoms with Crippen molar-refractivity contribution in [2.45, 2.75) is 0 Å². The van der Waals surface area contributed by atoms with Gasteiger partial charge in [0, 0.05) is 23.0 Å². The fraction of sp³-hybridized carbons (Fsp3) is 0.0169. The molecular weight excluding hydrogens is 1240 g/mol. The number of para-hydroxylation sites is 2. The fourth-order valence-electron chi connectivity index (χ4n) is 7.37. The molecular formula is C59H45Cl2F6IrN3OP3. The van der Waals surface area contributed by atoms with Crippen molar-refractivity contribution in [1.82, 2.24) is 9.97 Å². The Kier molecular flexibility index (Phi) is 20.9. The van der Waals surface area contributed by atoms with Crippen LogP contribution in [0.25, 0.3) is 22.5 Å². The largest absolute Gasteiger partial charge is 3.00 e. The van der Waals surface area contributed by atoms with E-state index in [-0.39, 0.29) is 25.4 Å². The number of ether oxygens (including phenoxy) is 1. The Labute approximate surface area is 458 Å². The number of pyridine rings is 2. The molecule has 8 aromatic carbocycles. The molecule has 10 aromatic rings. The molecule has 0 radical (unpaired) electrons. The van der Waals surface area contributed by atoms with Crippen LogP contribution in [0, 0.1) is 12.1 Å². The van der Waals surface area contributed by atoms with E-state index in [0.29, 0.717) is 0 Å². The normalized spacial score (nSPS) is 11.8. The molecule has 1 aliphatic rings. The Morgan fingerprint density at radius 1 is 0.413 bits per heavy atom. The summed E-state index contributed by atoms with van der Waals surface area (Å²) in [6.45, 7) is 0. The average Bonchev–Trinajstić information content (AvgIpc) is 3.43. The molecule has 11 rings (SSSR count). The summed E-state index contributed by atoms with van der Waals surface area (Å²) >= 11 is 9.53. The molecule has 0 unspecified atom stereocenters. The van der Waals surface area contributed by atoms with Crippen molar-refractivity contribution < 1.29 is 50.0 Å². The number of anilines is 2. The molecule has 0 amide bonds. The van der Waals surface area contributed by atoms with Crippen molar-refractivity contribution in [2.24, 2.45) is 0 Å². The monoisotopic (exact) mass is 1280 g/mol. The van der Waals surface area contributed by atoms with Gasteiger partial charge < -0.3 is 20.0 Å². The van der Waals surface area contributed by atoms with Gasteiger partial charge in [-0.2, -0.15) is 0 Å². The van der Waals surface area contributed by atoms with E-state index in [1.807, 2.05) is 84.9 Å². The van der Waals surface area contributed by atoms with Crippen LogP contribution in [-0.4, -0.2) is 15.3 Å². The Morgan fingerprint density at radius 3 is 1.00 bits per heavy atom. The molecule has 0 bridgehead atoms. The van der Waals surface area contributed by atoms with Crippen LogP contribution in [0.15, 0.2) is 255 Å². The Morgan fingerprint density at radius 2 is 0.720 bits per heavy atom. The van der Waals surface area contributed by atoms with Gasteiger partial charge in [0.25, 0.3) is 0 Å². The number of aromatic nitrogens is 2. The molecule has 16 heteroatoms. The summed E-state index contributed by atoms with van der Waals surface area (Å²) in [5.41, 5.74) is 6.03. The van der Waals surface area contributed by atoms with Crippen LogP contribution in [0.5, 0.6) is 11.5 Å². The Bertz CT molecular complexity index is 2900. The smallest absolute Gasteiger partial charge is 0.452 e.